The molecule has 0 spiro atoms. The second kappa shape index (κ2) is 27.3. The third-order valence-electron chi connectivity index (χ3n) is 6.46. The van der Waals surface area contributed by atoms with Gasteiger partial charge < -0.3 is 24.4 Å². The fourth-order valence-electron chi connectivity index (χ4n) is 3.88. The summed E-state index contributed by atoms with van der Waals surface area (Å²) in [6, 6.07) is 1.25. The van der Waals surface area contributed by atoms with Crippen molar-refractivity contribution in [1.82, 2.24) is 19.6 Å². The lowest BCUT2D eigenvalue weighted by Crippen LogP contribution is -2.49. The van der Waals surface area contributed by atoms with Gasteiger partial charge in [0.25, 0.3) is 0 Å². The van der Waals surface area contributed by atoms with Gasteiger partial charge in [-0.25, -0.2) is 19.2 Å². The van der Waals surface area contributed by atoms with Crippen molar-refractivity contribution in [1.29, 1.82) is 0 Å². The summed E-state index contributed by atoms with van der Waals surface area (Å²) >= 11 is 0. The maximum Gasteiger partial charge on any atom is 0.331 e. The van der Waals surface area contributed by atoms with Crippen molar-refractivity contribution in [2.24, 2.45) is 0 Å². The Labute approximate surface area is 268 Å². The highest BCUT2D eigenvalue weighted by Gasteiger charge is 2.19. The Hall–Kier alpha value is -2.26. The second-order valence-corrected chi connectivity index (χ2v) is 9.89. The molecule has 2 fully saturated rings. The van der Waals surface area contributed by atoms with Crippen LogP contribution < -0.4 is 0 Å². The summed E-state index contributed by atoms with van der Waals surface area (Å²) in [5.41, 5.74) is 0. The van der Waals surface area contributed by atoms with E-state index in [1.54, 1.807) is 0 Å². The number of carbonyl (C=O) groups excluding carboxylic acids is 3. The molecule has 0 aliphatic carbocycles. The van der Waals surface area contributed by atoms with Crippen molar-refractivity contribution >= 4 is 48.7 Å². The molecule has 2 N–H and O–H groups in total. The molecule has 43 heavy (non-hydrogen) atoms. The van der Waals surface area contributed by atoms with Gasteiger partial charge in [-0.05, 0) is 27.7 Å². The predicted molar refractivity (Wildman–Crippen MR) is 169 cm³/mol. The van der Waals surface area contributed by atoms with E-state index in [1.165, 1.54) is 14.2 Å². The van der Waals surface area contributed by atoms with Gasteiger partial charge in [0.05, 0.1) is 20.8 Å². The molecule has 13 nitrogen and oxygen atoms in total. The van der Waals surface area contributed by atoms with Gasteiger partial charge in [0, 0.05) is 102 Å². The van der Waals surface area contributed by atoms with Crippen LogP contribution in [0.4, 0.5) is 0 Å². The molecule has 0 amide bonds. The average Bonchev–Trinajstić information content (AvgIpc) is 2.96. The number of methoxy groups -OCH3 is 2. The Balaban J connectivity index is -0.000000597. The fourth-order valence-corrected chi connectivity index (χ4v) is 3.88. The van der Waals surface area contributed by atoms with Crippen LogP contribution in [0.5, 0.6) is 0 Å². The van der Waals surface area contributed by atoms with Gasteiger partial charge in [-0.3, -0.25) is 19.6 Å². The van der Waals surface area contributed by atoms with Crippen LogP contribution >= 0.6 is 24.8 Å². The number of halogens is 2. The van der Waals surface area contributed by atoms with Crippen LogP contribution in [0.3, 0.4) is 0 Å². The molecule has 0 radical (unpaired) electrons. The van der Waals surface area contributed by atoms with Gasteiger partial charge in [0.1, 0.15) is 6.61 Å². The lowest BCUT2D eigenvalue weighted by atomic mass is 10.2. The number of carboxylic acid groups (broad SMARTS) is 1. The molecule has 0 aromatic carbocycles. The van der Waals surface area contributed by atoms with E-state index in [9.17, 15) is 19.2 Å². The summed E-state index contributed by atoms with van der Waals surface area (Å²) in [5, 5.41) is 16.7. The minimum Gasteiger partial charge on any atom is -0.478 e. The molecule has 0 aromatic rings. The zero-order chi connectivity index (χ0) is 31.2. The highest BCUT2D eigenvalue weighted by atomic mass is 35.5. The van der Waals surface area contributed by atoms with Gasteiger partial charge in [-0.15, -0.1) is 24.8 Å². The monoisotopic (exact) mass is 658 g/mol. The van der Waals surface area contributed by atoms with Crippen LogP contribution in [-0.2, 0) is 33.4 Å². The zero-order valence-electron chi connectivity index (χ0n) is 26.3. The SMILES string of the molecule is CC(C)N1CCN(CCO)CC1.COC(=O)/C=C/C(=O)O.COC(=O)/C=C/C(=O)OCCN1CCN(C(C)C)CC1.Cl.Cl. The number of β-amino-alcohol motifs (C(OH)–C–C–N with tert-alkyl or cyclic N) is 1. The van der Waals surface area contributed by atoms with Crippen LogP contribution in [0, 0.1) is 0 Å². The largest absolute Gasteiger partial charge is 0.478 e. The minimum absolute atomic E-state index is 0. The van der Waals surface area contributed by atoms with Gasteiger partial charge in [-0.2, -0.15) is 0 Å². The standard InChI is InChI=1S/C14H24N2O4.C9H20N2O.C5H6O4.2ClH/c1-12(2)16-8-6-15(7-9-16)10-11-20-14(18)5-4-13(17)19-3;1-9(2)11-5-3-10(4-6-11)7-8-12;1-9-5(8)3-2-4(6)7;;/h4-5,12H,6-11H2,1-3H3;9,12H,3-8H2,1-2H3;2-3H,1H3,(H,6,7);2*1H/b5-4+;;3-2+;;. The molecule has 0 aromatic heterocycles. The molecule has 2 saturated heterocycles. The van der Waals surface area contributed by atoms with E-state index in [2.05, 4.69) is 56.8 Å². The molecular formula is C28H52Cl2N4O9. The number of hydrogen-bond donors (Lipinski definition) is 2. The summed E-state index contributed by atoms with van der Waals surface area (Å²) in [4.78, 5) is 51.5. The number of aliphatic hydroxyl groups is 1. The number of esters is 3. The van der Waals surface area contributed by atoms with Crippen LogP contribution in [0.15, 0.2) is 24.3 Å². The van der Waals surface area contributed by atoms with Crippen molar-refractivity contribution in [3.05, 3.63) is 24.3 Å². The Bertz CT molecular complexity index is 829. The molecule has 0 unspecified atom stereocenters. The van der Waals surface area contributed by atoms with Crippen molar-refractivity contribution < 1.29 is 43.6 Å². The third kappa shape index (κ3) is 23.8. The first kappa shape index (κ1) is 45.2. The van der Waals surface area contributed by atoms with Crippen molar-refractivity contribution in [3.63, 3.8) is 0 Å². The van der Waals surface area contributed by atoms with E-state index < -0.39 is 23.9 Å². The Kier molecular flexibility index (Phi) is 28.7. The topological polar surface area (TPSA) is 149 Å². The number of carboxylic acids is 1. The number of aliphatic carboxylic acids is 1. The summed E-state index contributed by atoms with van der Waals surface area (Å²) in [5.74, 6) is -2.92. The smallest absolute Gasteiger partial charge is 0.331 e. The van der Waals surface area contributed by atoms with Gasteiger partial charge in [0.2, 0.25) is 0 Å². The van der Waals surface area contributed by atoms with Crippen molar-refractivity contribution in [3.8, 4) is 0 Å². The predicted octanol–water partition coefficient (Wildman–Crippen LogP) is 0.933. The number of carbonyl (C=O) groups is 4. The number of aliphatic hydroxyl groups excluding tert-OH is 1. The highest BCUT2D eigenvalue weighted by Crippen LogP contribution is 2.06. The maximum absolute atomic E-state index is 11.3. The minimum atomic E-state index is -1.17. The molecule has 2 rings (SSSR count). The molecule has 2 heterocycles. The van der Waals surface area contributed by atoms with Crippen LogP contribution in [0.2, 0.25) is 0 Å². The van der Waals surface area contributed by atoms with E-state index in [-0.39, 0.29) is 24.8 Å². The molecule has 15 heteroatoms. The zero-order valence-corrected chi connectivity index (χ0v) is 27.9. The lowest BCUT2D eigenvalue weighted by molar-refractivity contribution is -0.139. The highest BCUT2D eigenvalue weighted by molar-refractivity contribution is 5.91. The van der Waals surface area contributed by atoms with Crippen LogP contribution in [0.25, 0.3) is 0 Å². The Morgan fingerprint density at radius 2 is 1.02 bits per heavy atom. The number of rotatable bonds is 11. The fraction of sp³-hybridized carbons (Fsp3) is 0.714. The first-order valence-electron chi connectivity index (χ1n) is 13.9. The quantitative estimate of drug-likeness (QED) is 0.184. The van der Waals surface area contributed by atoms with Crippen molar-refractivity contribution in [2.45, 2.75) is 39.8 Å². The Morgan fingerprint density at radius 1 is 0.651 bits per heavy atom. The summed E-state index contributed by atoms with van der Waals surface area (Å²) in [6.45, 7) is 19.7. The molecule has 252 valence electrons. The number of hydrogen-bond acceptors (Lipinski definition) is 12. The van der Waals surface area contributed by atoms with Gasteiger partial charge in [-0.1, -0.05) is 0 Å². The second-order valence-electron chi connectivity index (χ2n) is 9.89. The van der Waals surface area contributed by atoms with Gasteiger partial charge >= 0.3 is 23.9 Å². The molecule has 2 aliphatic heterocycles. The average molecular weight is 660 g/mol. The summed E-state index contributed by atoms with van der Waals surface area (Å²) < 4.78 is 13.5. The third-order valence-corrected chi connectivity index (χ3v) is 6.46. The van der Waals surface area contributed by atoms with Gasteiger partial charge in [0.15, 0.2) is 0 Å². The van der Waals surface area contributed by atoms with Crippen molar-refractivity contribution in [2.75, 3.05) is 92.9 Å². The number of nitrogens with zero attached hydrogens (tertiary/aromatic N) is 4. The van der Waals surface area contributed by atoms with E-state index >= 15 is 0 Å². The Morgan fingerprint density at radius 3 is 1.37 bits per heavy atom. The first-order valence-corrected chi connectivity index (χ1v) is 13.9. The van der Waals surface area contributed by atoms with E-state index in [1.807, 2.05) is 0 Å². The van der Waals surface area contributed by atoms with Crippen LogP contribution in [-0.4, -0.2) is 159 Å². The number of ether oxygens (including phenoxy) is 3. The van der Waals surface area contributed by atoms with Crippen LogP contribution in [0.1, 0.15) is 27.7 Å². The molecule has 0 bridgehead atoms. The summed E-state index contributed by atoms with van der Waals surface area (Å²) in [7, 11) is 2.43. The normalized spacial score (nSPS) is 16.3. The van der Waals surface area contributed by atoms with E-state index in [4.69, 9.17) is 14.9 Å². The molecular weight excluding hydrogens is 607 g/mol. The first-order chi connectivity index (χ1) is 19.4. The van der Waals surface area contributed by atoms with E-state index in [0.29, 0.717) is 31.4 Å². The molecule has 2 aliphatic rings. The lowest BCUT2D eigenvalue weighted by Gasteiger charge is -2.36. The van der Waals surface area contributed by atoms with E-state index in [0.717, 1.165) is 83.7 Å². The maximum atomic E-state index is 11.3. The summed E-state index contributed by atoms with van der Waals surface area (Å²) in [6.07, 6.45) is 3.69. The molecule has 0 saturated carbocycles. The number of piperazine rings is 2. The molecule has 0 atom stereocenters.